The highest BCUT2D eigenvalue weighted by atomic mass is 19.1. The van der Waals surface area contributed by atoms with E-state index in [0.717, 1.165) is 27.7 Å². The molecular weight excluding hydrogens is 355 g/mol. The summed E-state index contributed by atoms with van der Waals surface area (Å²) in [5, 5.41) is 3.98. The Bertz CT molecular complexity index is 1130. The molecule has 0 fully saturated rings. The van der Waals surface area contributed by atoms with Gasteiger partial charge in [-0.1, -0.05) is 18.2 Å². The highest BCUT2D eigenvalue weighted by Gasteiger charge is 2.15. The van der Waals surface area contributed by atoms with E-state index in [4.69, 9.17) is 0 Å². The van der Waals surface area contributed by atoms with Gasteiger partial charge in [-0.2, -0.15) is 0 Å². The summed E-state index contributed by atoms with van der Waals surface area (Å²) in [4.78, 5) is 19.7. The lowest BCUT2D eigenvalue weighted by Gasteiger charge is -2.13. The van der Waals surface area contributed by atoms with Gasteiger partial charge in [0.25, 0.3) is 0 Å². The maximum absolute atomic E-state index is 14.2. The van der Waals surface area contributed by atoms with Crippen molar-refractivity contribution in [2.24, 2.45) is 0 Å². The lowest BCUT2D eigenvalue weighted by Crippen LogP contribution is -2.30. The number of nitrogens with one attached hydrogen (secondary N) is 2. The van der Waals surface area contributed by atoms with Gasteiger partial charge in [-0.15, -0.1) is 0 Å². The molecule has 5 nitrogen and oxygen atoms in total. The van der Waals surface area contributed by atoms with Gasteiger partial charge in [-0.05, 0) is 49.2 Å². The fraction of sp³-hybridized carbons (Fsp3) is 0.182. The molecule has 0 aliphatic heterocycles. The molecule has 0 saturated heterocycles. The van der Waals surface area contributed by atoms with Crippen LogP contribution in [-0.4, -0.2) is 20.4 Å². The third-order valence-corrected chi connectivity index (χ3v) is 5.08. The number of amides is 1. The SMILES string of the molecule is Cc1c(-c2ccccc2F)[nH]c2ccc(CNC(=O)[C@H](C)n3ccnc3)cc12. The van der Waals surface area contributed by atoms with Crippen LogP contribution in [0.1, 0.15) is 24.1 Å². The number of imidazole rings is 1. The van der Waals surface area contributed by atoms with E-state index in [9.17, 15) is 9.18 Å². The normalized spacial score (nSPS) is 12.2. The molecule has 0 unspecified atom stereocenters. The van der Waals surface area contributed by atoms with Gasteiger partial charge < -0.3 is 14.9 Å². The molecule has 2 aromatic heterocycles. The maximum atomic E-state index is 14.2. The highest BCUT2D eigenvalue weighted by molar-refractivity contribution is 5.91. The molecule has 4 aromatic rings. The van der Waals surface area contributed by atoms with Crippen LogP contribution in [0, 0.1) is 12.7 Å². The average molecular weight is 376 g/mol. The molecule has 2 N–H and O–H groups in total. The minimum Gasteiger partial charge on any atom is -0.354 e. The zero-order chi connectivity index (χ0) is 19.7. The fourth-order valence-corrected chi connectivity index (χ4v) is 3.39. The molecule has 2 aromatic carbocycles. The molecule has 1 atom stereocenters. The highest BCUT2D eigenvalue weighted by Crippen LogP contribution is 2.31. The van der Waals surface area contributed by atoms with Crippen LogP contribution in [0.15, 0.2) is 61.2 Å². The molecule has 4 rings (SSSR count). The molecular formula is C22H21FN4O. The first-order valence-corrected chi connectivity index (χ1v) is 9.16. The van der Waals surface area contributed by atoms with Crippen LogP contribution in [0.3, 0.4) is 0 Å². The number of H-pyrrole nitrogens is 1. The van der Waals surface area contributed by atoms with Gasteiger partial charge in [0.15, 0.2) is 0 Å². The topological polar surface area (TPSA) is 62.7 Å². The van der Waals surface area contributed by atoms with Crippen LogP contribution in [0.5, 0.6) is 0 Å². The van der Waals surface area contributed by atoms with Crippen molar-refractivity contribution in [1.29, 1.82) is 0 Å². The summed E-state index contributed by atoms with van der Waals surface area (Å²) in [6, 6.07) is 12.4. The van der Waals surface area contributed by atoms with E-state index >= 15 is 0 Å². The lowest BCUT2D eigenvalue weighted by molar-refractivity contribution is -0.124. The molecule has 0 spiro atoms. The standard InChI is InChI=1S/C22H21FN4O/c1-14-18-11-16(12-25-22(28)15(2)27-10-9-24-13-27)7-8-20(18)26-21(14)17-5-3-4-6-19(17)23/h3-11,13,15,26H,12H2,1-2H3,(H,25,28)/t15-/m0/s1. The zero-order valence-electron chi connectivity index (χ0n) is 15.7. The maximum Gasteiger partial charge on any atom is 0.243 e. The van der Waals surface area contributed by atoms with E-state index in [1.165, 1.54) is 6.07 Å². The van der Waals surface area contributed by atoms with Crippen molar-refractivity contribution in [3.63, 3.8) is 0 Å². The summed E-state index contributed by atoms with van der Waals surface area (Å²) >= 11 is 0. The second-order valence-corrected chi connectivity index (χ2v) is 6.89. The number of benzene rings is 2. The van der Waals surface area contributed by atoms with Crippen LogP contribution >= 0.6 is 0 Å². The number of carbonyl (C=O) groups is 1. The number of halogens is 1. The van der Waals surface area contributed by atoms with Crippen molar-refractivity contribution >= 4 is 16.8 Å². The van der Waals surface area contributed by atoms with Gasteiger partial charge in [-0.25, -0.2) is 9.37 Å². The quantitative estimate of drug-likeness (QED) is 0.544. The third-order valence-electron chi connectivity index (χ3n) is 5.08. The largest absolute Gasteiger partial charge is 0.354 e. The van der Waals surface area contributed by atoms with Crippen molar-refractivity contribution in [3.8, 4) is 11.3 Å². The summed E-state index contributed by atoms with van der Waals surface area (Å²) in [5.74, 6) is -0.325. The molecule has 0 bridgehead atoms. The predicted molar refractivity (Wildman–Crippen MR) is 107 cm³/mol. The number of aromatic amines is 1. The van der Waals surface area contributed by atoms with E-state index in [-0.39, 0.29) is 17.8 Å². The van der Waals surface area contributed by atoms with Crippen LogP contribution in [0.2, 0.25) is 0 Å². The summed E-state index contributed by atoms with van der Waals surface area (Å²) in [5.41, 5.74) is 4.25. The Morgan fingerprint density at radius 1 is 1.29 bits per heavy atom. The Morgan fingerprint density at radius 2 is 2.11 bits per heavy atom. The van der Waals surface area contributed by atoms with Gasteiger partial charge in [0.2, 0.25) is 5.91 Å². The molecule has 6 heteroatoms. The van der Waals surface area contributed by atoms with Crippen molar-refractivity contribution in [1.82, 2.24) is 19.9 Å². The van der Waals surface area contributed by atoms with Gasteiger partial charge in [0, 0.05) is 35.4 Å². The Labute approximate surface area is 162 Å². The number of nitrogens with zero attached hydrogens (tertiary/aromatic N) is 2. The third kappa shape index (κ3) is 3.29. The van der Waals surface area contributed by atoms with Gasteiger partial charge in [0.05, 0.1) is 12.0 Å². The number of fused-ring (bicyclic) bond motifs is 1. The molecule has 142 valence electrons. The molecule has 0 aliphatic rings. The smallest absolute Gasteiger partial charge is 0.243 e. The predicted octanol–water partition coefficient (Wildman–Crippen LogP) is 4.36. The number of aromatic nitrogens is 3. The van der Waals surface area contributed by atoms with Gasteiger partial charge in [0.1, 0.15) is 11.9 Å². The van der Waals surface area contributed by atoms with E-state index in [0.29, 0.717) is 12.1 Å². The summed E-state index contributed by atoms with van der Waals surface area (Å²) in [7, 11) is 0. The number of rotatable bonds is 5. The average Bonchev–Trinajstić information content (AvgIpc) is 3.35. The van der Waals surface area contributed by atoms with Crippen molar-refractivity contribution in [2.45, 2.75) is 26.4 Å². The second kappa shape index (κ2) is 7.31. The summed E-state index contributed by atoms with van der Waals surface area (Å²) in [6.07, 6.45) is 5.05. The number of hydrogen-bond donors (Lipinski definition) is 2. The molecule has 28 heavy (non-hydrogen) atoms. The first-order valence-electron chi connectivity index (χ1n) is 9.16. The Hall–Kier alpha value is -3.41. The Kier molecular flexibility index (Phi) is 4.69. The van der Waals surface area contributed by atoms with Crippen molar-refractivity contribution in [2.75, 3.05) is 0 Å². The Morgan fingerprint density at radius 3 is 2.86 bits per heavy atom. The van der Waals surface area contributed by atoms with E-state index in [1.54, 1.807) is 35.4 Å². The second-order valence-electron chi connectivity index (χ2n) is 6.89. The molecule has 2 heterocycles. The minimum absolute atomic E-state index is 0.0732. The monoisotopic (exact) mass is 376 g/mol. The van der Waals surface area contributed by atoms with Gasteiger partial charge in [-0.3, -0.25) is 4.79 Å². The lowest BCUT2D eigenvalue weighted by atomic mass is 10.0. The van der Waals surface area contributed by atoms with E-state index < -0.39 is 0 Å². The van der Waals surface area contributed by atoms with Crippen LogP contribution in [-0.2, 0) is 11.3 Å². The molecule has 0 saturated carbocycles. The minimum atomic E-state index is -0.326. The molecule has 0 aliphatic carbocycles. The number of hydrogen-bond acceptors (Lipinski definition) is 2. The van der Waals surface area contributed by atoms with Crippen LogP contribution in [0.4, 0.5) is 4.39 Å². The fourth-order valence-electron chi connectivity index (χ4n) is 3.39. The van der Waals surface area contributed by atoms with Gasteiger partial charge >= 0.3 is 0 Å². The summed E-state index contributed by atoms with van der Waals surface area (Å²) < 4.78 is 16.0. The summed E-state index contributed by atoms with van der Waals surface area (Å²) in [6.45, 7) is 4.23. The zero-order valence-corrected chi connectivity index (χ0v) is 15.7. The van der Waals surface area contributed by atoms with Crippen LogP contribution < -0.4 is 5.32 Å². The molecule has 1 amide bonds. The first kappa shape index (κ1) is 18.0. The first-order chi connectivity index (χ1) is 13.5. The van der Waals surface area contributed by atoms with Crippen molar-refractivity contribution in [3.05, 3.63) is 78.1 Å². The number of carbonyl (C=O) groups excluding carboxylic acids is 1. The van der Waals surface area contributed by atoms with E-state index in [1.807, 2.05) is 38.1 Å². The van der Waals surface area contributed by atoms with Crippen molar-refractivity contribution < 1.29 is 9.18 Å². The Balaban J connectivity index is 1.56. The molecule has 0 radical (unpaired) electrons. The van der Waals surface area contributed by atoms with Crippen LogP contribution in [0.25, 0.3) is 22.2 Å². The number of aryl methyl sites for hydroxylation is 1. The van der Waals surface area contributed by atoms with E-state index in [2.05, 4.69) is 15.3 Å².